The summed E-state index contributed by atoms with van der Waals surface area (Å²) < 4.78 is 31.8. The number of methoxy groups -OCH3 is 1. The Morgan fingerprint density at radius 3 is 2.67 bits per heavy atom. The second-order valence-corrected chi connectivity index (χ2v) is 6.18. The van der Waals surface area contributed by atoms with Crippen LogP contribution in [0.1, 0.15) is 13.8 Å². The molecule has 1 heterocycles. The Bertz CT molecular complexity index is 500. The van der Waals surface area contributed by atoms with Gasteiger partial charge in [0.1, 0.15) is 5.82 Å². The van der Waals surface area contributed by atoms with Crippen molar-refractivity contribution >= 4 is 15.8 Å². The van der Waals surface area contributed by atoms with Crippen LogP contribution in [0.25, 0.3) is 0 Å². The van der Waals surface area contributed by atoms with Gasteiger partial charge in [0.05, 0.1) is 10.5 Å². The van der Waals surface area contributed by atoms with Crippen molar-refractivity contribution < 1.29 is 13.2 Å². The lowest BCUT2D eigenvalue weighted by atomic mass is 10.1. The first kappa shape index (κ1) is 14.9. The molecule has 102 valence electrons. The van der Waals surface area contributed by atoms with Crippen LogP contribution >= 0.6 is 0 Å². The Morgan fingerprint density at radius 1 is 1.44 bits per heavy atom. The number of anilines is 1. The molecule has 0 amide bonds. The van der Waals surface area contributed by atoms with E-state index >= 15 is 0 Å². The first-order valence-electron chi connectivity index (χ1n) is 5.49. The lowest BCUT2D eigenvalue weighted by Crippen LogP contribution is -2.39. The summed E-state index contributed by atoms with van der Waals surface area (Å²) in [5, 5.41) is 2.79. The van der Waals surface area contributed by atoms with Crippen LogP contribution in [0, 0.1) is 0 Å². The topological polar surface area (TPSA) is 80.3 Å². The number of rotatable bonds is 6. The molecule has 0 atom stereocenters. The molecule has 1 aromatic heterocycles. The number of pyridine rings is 1. The van der Waals surface area contributed by atoms with Crippen LogP contribution in [-0.2, 0) is 14.8 Å². The fourth-order valence-electron chi connectivity index (χ4n) is 1.14. The largest absolute Gasteiger partial charge is 0.377 e. The van der Waals surface area contributed by atoms with Crippen molar-refractivity contribution in [3.05, 3.63) is 18.3 Å². The average molecular weight is 273 g/mol. The molecule has 0 aliphatic heterocycles. The van der Waals surface area contributed by atoms with E-state index in [9.17, 15) is 8.42 Å². The zero-order chi connectivity index (χ0) is 13.8. The van der Waals surface area contributed by atoms with Gasteiger partial charge in [-0.15, -0.1) is 0 Å². The minimum absolute atomic E-state index is 0.175. The average Bonchev–Trinajstić information content (AvgIpc) is 2.37. The van der Waals surface area contributed by atoms with Gasteiger partial charge in [-0.2, -0.15) is 0 Å². The number of aromatic nitrogens is 1. The molecular formula is C11H19N3O3S. The summed E-state index contributed by atoms with van der Waals surface area (Å²) in [6, 6.07) is 2.92. The van der Waals surface area contributed by atoms with Gasteiger partial charge in [0.15, 0.2) is 0 Å². The smallest absolute Gasteiger partial charge is 0.240 e. The monoisotopic (exact) mass is 273 g/mol. The van der Waals surface area contributed by atoms with Gasteiger partial charge < -0.3 is 10.1 Å². The molecule has 0 saturated carbocycles. The molecule has 1 rings (SSSR count). The zero-order valence-corrected chi connectivity index (χ0v) is 11.8. The van der Waals surface area contributed by atoms with Crippen molar-refractivity contribution in [1.29, 1.82) is 0 Å². The van der Waals surface area contributed by atoms with E-state index in [0.717, 1.165) is 0 Å². The second-order valence-electron chi connectivity index (χ2n) is 4.42. The van der Waals surface area contributed by atoms with E-state index in [-0.39, 0.29) is 11.4 Å². The summed E-state index contributed by atoms with van der Waals surface area (Å²) in [7, 11) is -0.324. The van der Waals surface area contributed by atoms with Gasteiger partial charge in [0.2, 0.25) is 10.0 Å². The summed E-state index contributed by atoms with van der Waals surface area (Å²) in [6.07, 6.45) is 1.45. The SMILES string of the molecule is CNc1cc(S(=O)(=O)NCC(C)(C)OC)ccn1. The van der Waals surface area contributed by atoms with Crippen LogP contribution in [0.3, 0.4) is 0 Å². The summed E-state index contributed by atoms with van der Waals surface area (Å²) in [5.41, 5.74) is -0.550. The van der Waals surface area contributed by atoms with E-state index in [0.29, 0.717) is 5.82 Å². The van der Waals surface area contributed by atoms with Gasteiger partial charge in [-0.25, -0.2) is 18.1 Å². The fourth-order valence-corrected chi connectivity index (χ4v) is 2.35. The second kappa shape index (κ2) is 5.64. The van der Waals surface area contributed by atoms with Crippen LogP contribution in [0.2, 0.25) is 0 Å². The highest BCUT2D eigenvalue weighted by Gasteiger charge is 2.21. The lowest BCUT2D eigenvalue weighted by molar-refractivity contribution is 0.0276. The van der Waals surface area contributed by atoms with Crippen LogP contribution in [-0.4, -0.2) is 39.7 Å². The highest BCUT2D eigenvalue weighted by atomic mass is 32.2. The van der Waals surface area contributed by atoms with Gasteiger partial charge in [-0.1, -0.05) is 0 Å². The molecule has 0 saturated heterocycles. The Labute approximate surface area is 108 Å². The number of hydrogen-bond donors (Lipinski definition) is 2. The summed E-state index contributed by atoms with van der Waals surface area (Å²) in [5.74, 6) is 0.504. The van der Waals surface area contributed by atoms with Crippen molar-refractivity contribution in [2.45, 2.75) is 24.3 Å². The summed E-state index contributed by atoms with van der Waals surface area (Å²) in [4.78, 5) is 4.14. The predicted octanol–water partition coefficient (Wildman–Crippen LogP) is 0.827. The quantitative estimate of drug-likeness (QED) is 0.802. The van der Waals surface area contributed by atoms with Gasteiger partial charge in [-0.3, -0.25) is 0 Å². The first-order chi connectivity index (χ1) is 8.30. The molecule has 0 aliphatic carbocycles. The van der Waals surface area contributed by atoms with E-state index in [1.807, 2.05) is 0 Å². The molecule has 0 aromatic carbocycles. The van der Waals surface area contributed by atoms with E-state index < -0.39 is 15.6 Å². The third-order valence-electron chi connectivity index (χ3n) is 2.54. The maximum atomic E-state index is 12.0. The molecule has 0 spiro atoms. The molecule has 2 N–H and O–H groups in total. The number of nitrogens with one attached hydrogen (secondary N) is 2. The number of nitrogens with zero attached hydrogens (tertiary/aromatic N) is 1. The third-order valence-corrected chi connectivity index (χ3v) is 3.94. The van der Waals surface area contributed by atoms with E-state index in [4.69, 9.17) is 4.74 Å². The third kappa shape index (κ3) is 3.94. The van der Waals surface area contributed by atoms with Gasteiger partial charge in [-0.05, 0) is 19.9 Å². The number of ether oxygens (including phenoxy) is 1. The molecule has 0 radical (unpaired) electrons. The van der Waals surface area contributed by atoms with Crippen molar-refractivity contribution in [3.8, 4) is 0 Å². The Morgan fingerprint density at radius 2 is 2.11 bits per heavy atom. The minimum atomic E-state index is -3.55. The zero-order valence-electron chi connectivity index (χ0n) is 11.0. The molecule has 0 fully saturated rings. The highest BCUT2D eigenvalue weighted by Crippen LogP contribution is 2.13. The van der Waals surface area contributed by atoms with Crippen molar-refractivity contribution in [3.63, 3.8) is 0 Å². The van der Waals surface area contributed by atoms with E-state index in [1.165, 1.54) is 18.3 Å². The molecular weight excluding hydrogens is 254 g/mol. The molecule has 6 nitrogen and oxygen atoms in total. The summed E-state index contributed by atoms with van der Waals surface area (Å²) >= 11 is 0. The first-order valence-corrected chi connectivity index (χ1v) is 6.98. The number of sulfonamides is 1. The van der Waals surface area contributed by atoms with Crippen molar-refractivity contribution in [1.82, 2.24) is 9.71 Å². The Kier molecular flexibility index (Phi) is 4.66. The van der Waals surface area contributed by atoms with Crippen LogP contribution in [0.4, 0.5) is 5.82 Å². The Balaban J connectivity index is 2.86. The molecule has 0 aliphatic rings. The van der Waals surface area contributed by atoms with Crippen molar-refractivity contribution in [2.24, 2.45) is 0 Å². The highest BCUT2D eigenvalue weighted by molar-refractivity contribution is 7.89. The van der Waals surface area contributed by atoms with E-state index in [2.05, 4.69) is 15.0 Å². The maximum Gasteiger partial charge on any atom is 0.240 e. The molecule has 1 aromatic rings. The van der Waals surface area contributed by atoms with E-state index in [1.54, 1.807) is 28.0 Å². The number of hydrogen-bond acceptors (Lipinski definition) is 5. The molecule has 18 heavy (non-hydrogen) atoms. The standard InChI is InChI=1S/C11H19N3O3S/c1-11(2,17-4)8-14-18(15,16)9-5-6-13-10(7-9)12-3/h5-7,14H,8H2,1-4H3,(H,12,13). The minimum Gasteiger partial charge on any atom is -0.377 e. The maximum absolute atomic E-state index is 12.0. The lowest BCUT2D eigenvalue weighted by Gasteiger charge is -2.23. The predicted molar refractivity (Wildman–Crippen MR) is 70.1 cm³/mol. The normalized spacial score (nSPS) is 12.4. The molecule has 7 heteroatoms. The molecule has 0 bridgehead atoms. The van der Waals surface area contributed by atoms with Gasteiger partial charge in [0.25, 0.3) is 0 Å². The van der Waals surface area contributed by atoms with Crippen LogP contribution in [0.5, 0.6) is 0 Å². The van der Waals surface area contributed by atoms with Crippen LogP contribution in [0.15, 0.2) is 23.2 Å². The summed E-state index contributed by atoms with van der Waals surface area (Å²) in [6.45, 7) is 3.81. The fraction of sp³-hybridized carbons (Fsp3) is 0.545. The van der Waals surface area contributed by atoms with Gasteiger partial charge >= 0.3 is 0 Å². The Hall–Kier alpha value is -1.18. The van der Waals surface area contributed by atoms with Gasteiger partial charge in [0, 0.05) is 33.0 Å². The van der Waals surface area contributed by atoms with Crippen molar-refractivity contribution in [2.75, 3.05) is 26.0 Å². The molecule has 0 unspecified atom stereocenters. The van der Waals surface area contributed by atoms with Crippen LogP contribution < -0.4 is 10.0 Å².